The van der Waals surface area contributed by atoms with Crippen LogP contribution < -0.4 is 5.32 Å². The van der Waals surface area contributed by atoms with E-state index in [2.05, 4.69) is 35.5 Å². The molecular weight excluding hydrogens is 420 g/mol. The standard InChI is InChI=1S/C23H26N8O2/c1-14-10-16(19-24-13-25-22(28-19)27-17-11-26-31(5)12-17)7-6-15(14)8-9-18(32)20-29-21(30-33-20)23(2,3)4/h6-7,10-13H,8-9H2,1-5H3,(H,24,25,27,28). The molecule has 0 atom stereocenters. The number of aromatic nitrogens is 7. The van der Waals surface area contributed by atoms with E-state index < -0.39 is 0 Å². The van der Waals surface area contributed by atoms with Gasteiger partial charge in [0.2, 0.25) is 11.7 Å². The number of ketones is 1. The molecule has 0 unspecified atom stereocenters. The maximum Gasteiger partial charge on any atom is 0.294 e. The number of Topliss-reactive ketones (excluding diaryl/α,β-unsaturated/α-hetero) is 1. The molecule has 10 heteroatoms. The van der Waals surface area contributed by atoms with Crippen LogP contribution in [0.15, 0.2) is 41.4 Å². The summed E-state index contributed by atoms with van der Waals surface area (Å²) in [6.07, 6.45) is 5.86. The van der Waals surface area contributed by atoms with Crippen molar-refractivity contribution in [3.63, 3.8) is 0 Å². The van der Waals surface area contributed by atoms with Crippen LogP contribution in [0.1, 0.15) is 54.8 Å². The summed E-state index contributed by atoms with van der Waals surface area (Å²) in [6.45, 7) is 7.92. The first-order chi connectivity index (χ1) is 15.7. The van der Waals surface area contributed by atoms with Gasteiger partial charge >= 0.3 is 0 Å². The van der Waals surface area contributed by atoms with E-state index in [1.807, 2.05) is 59.1 Å². The molecule has 3 heterocycles. The van der Waals surface area contributed by atoms with Crippen LogP contribution in [0, 0.1) is 6.92 Å². The third kappa shape index (κ3) is 5.28. The number of hydrogen-bond donors (Lipinski definition) is 1. The van der Waals surface area contributed by atoms with Gasteiger partial charge in [-0.1, -0.05) is 38.1 Å². The molecule has 4 rings (SSSR count). The van der Waals surface area contributed by atoms with Gasteiger partial charge in [-0.15, -0.1) is 0 Å². The monoisotopic (exact) mass is 446 g/mol. The highest BCUT2D eigenvalue weighted by atomic mass is 16.5. The number of rotatable bonds is 7. The lowest BCUT2D eigenvalue weighted by atomic mass is 9.96. The van der Waals surface area contributed by atoms with Crippen molar-refractivity contribution < 1.29 is 9.32 Å². The highest BCUT2D eigenvalue weighted by Gasteiger charge is 2.23. The summed E-state index contributed by atoms with van der Waals surface area (Å²) in [4.78, 5) is 29.7. The number of carbonyl (C=O) groups is 1. The molecule has 0 bridgehead atoms. The zero-order valence-corrected chi connectivity index (χ0v) is 19.3. The predicted molar refractivity (Wildman–Crippen MR) is 122 cm³/mol. The van der Waals surface area contributed by atoms with Crippen molar-refractivity contribution >= 4 is 17.4 Å². The first-order valence-corrected chi connectivity index (χ1v) is 10.6. The summed E-state index contributed by atoms with van der Waals surface area (Å²) in [6, 6.07) is 5.94. The number of carbonyl (C=O) groups excluding carboxylic acids is 1. The number of nitrogens with one attached hydrogen (secondary N) is 1. The molecule has 0 aliphatic carbocycles. The Bertz CT molecular complexity index is 1290. The Hall–Kier alpha value is -3.95. The van der Waals surface area contributed by atoms with Crippen LogP contribution in [-0.2, 0) is 18.9 Å². The maximum atomic E-state index is 12.5. The molecule has 170 valence electrons. The molecule has 0 aliphatic heterocycles. The molecule has 0 amide bonds. The first kappa shape index (κ1) is 22.3. The lowest BCUT2D eigenvalue weighted by molar-refractivity contribution is 0.0940. The second-order valence-corrected chi connectivity index (χ2v) is 8.90. The Balaban J connectivity index is 1.43. The van der Waals surface area contributed by atoms with Gasteiger partial charge < -0.3 is 9.84 Å². The average molecular weight is 447 g/mol. The largest absolute Gasteiger partial charge is 0.331 e. The Morgan fingerprint density at radius 2 is 2.00 bits per heavy atom. The van der Waals surface area contributed by atoms with Crippen molar-refractivity contribution in [3.05, 3.63) is 59.8 Å². The van der Waals surface area contributed by atoms with Crippen LogP contribution in [0.3, 0.4) is 0 Å². The molecule has 10 nitrogen and oxygen atoms in total. The predicted octanol–water partition coefficient (Wildman–Crippen LogP) is 3.82. The fraction of sp³-hybridized carbons (Fsp3) is 0.348. The van der Waals surface area contributed by atoms with E-state index in [9.17, 15) is 4.79 Å². The topological polar surface area (TPSA) is 125 Å². The van der Waals surface area contributed by atoms with Crippen molar-refractivity contribution in [1.82, 2.24) is 34.9 Å². The second kappa shape index (κ2) is 8.89. The summed E-state index contributed by atoms with van der Waals surface area (Å²) in [5.74, 6) is 1.43. The van der Waals surface area contributed by atoms with E-state index in [4.69, 9.17) is 4.52 Å². The highest BCUT2D eigenvalue weighted by molar-refractivity contribution is 5.91. The molecule has 1 N–H and O–H groups in total. The molecule has 4 aromatic rings. The van der Waals surface area contributed by atoms with Gasteiger partial charge in [0.05, 0.1) is 11.9 Å². The van der Waals surface area contributed by atoms with Crippen molar-refractivity contribution in [2.24, 2.45) is 7.05 Å². The molecule has 0 radical (unpaired) electrons. The normalized spacial score (nSPS) is 11.5. The van der Waals surface area contributed by atoms with Gasteiger partial charge in [0.1, 0.15) is 6.33 Å². The Morgan fingerprint density at radius 1 is 1.18 bits per heavy atom. The van der Waals surface area contributed by atoms with Crippen molar-refractivity contribution in [2.75, 3.05) is 5.32 Å². The lowest BCUT2D eigenvalue weighted by Crippen LogP contribution is -2.13. The summed E-state index contributed by atoms with van der Waals surface area (Å²) in [7, 11) is 1.84. The van der Waals surface area contributed by atoms with E-state index in [1.165, 1.54) is 6.33 Å². The zero-order valence-electron chi connectivity index (χ0n) is 19.3. The molecule has 1 aromatic carbocycles. The van der Waals surface area contributed by atoms with Gasteiger partial charge in [0.25, 0.3) is 5.89 Å². The smallest absolute Gasteiger partial charge is 0.294 e. The highest BCUT2D eigenvalue weighted by Crippen LogP contribution is 2.23. The van der Waals surface area contributed by atoms with E-state index in [0.29, 0.717) is 24.0 Å². The second-order valence-electron chi connectivity index (χ2n) is 8.90. The minimum Gasteiger partial charge on any atom is -0.331 e. The quantitative estimate of drug-likeness (QED) is 0.422. The van der Waals surface area contributed by atoms with Gasteiger partial charge in [0, 0.05) is 30.6 Å². The van der Waals surface area contributed by atoms with Crippen LogP contribution >= 0.6 is 0 Å². The number of anilines is 2. The van der Waals surface area contributed by atoms with E-state index >= 15 is 0 Å². The lowest BCUT2D eigenvalue weighted by Gasteiger charge is -2.10. The fourth-order valence-corrected chi connectivity index (χ4v) is 3.22. The summed E-state index contributed by atoms with van der Waals surface area (Å²) in [5.41, 5.74) is 3.50. The SMILES string of the molecule is Cc1cc(-c2ncnc(Nc3cnn(C)c3)n2)ccc1CCC(=O)c1nc(C(C)(C)C)no1. The van der Waals surface area contributed by atoms with Crippen LogP contribution in [0.25, 0.3) is 11.4 Å². The summed E-state index contributed by atoms with van der Waals surface area (Å²) in [5, 5.41) is 11.2. The van der Waals surface area contributed by atoms with Gasteiger partial charge in [-0.2, -0.15) is 15.1 Å². The van der Waals surface area contributed by atoms with Gasteiger partial charge in [-0.25, -0.2) is 9.97 Å². The van der Waals surface area contributed by atoms with Crippen molar-refractivity contribution in [2.45, 2.75) is 46.0 Å². The van der Waals surface area contributed by atoms with Gasteiger partial charge in [0.15, 0.2) is 11.6 Å². The molecule has 0 saturated carbocycles. The van der Waals surface area contributed by atoms with Crippen molar-refractivity contribution in [1.29, 1.82) is 0 Å². The summed E-state index contributed by atoms with van der Waals surface area (Å²) >= 11 is 0. The molecule has 0 spiro atoms. The summed E-state index contributed by atoms with van der Waals surface area (Å²) < 4.78 is 6.85. The van der Waals surface area contributed by atoms with Gasteiger partial charge in [-0.05, 0) is 30.5 Å². The minimum absolute atomic E-state index is 0.0630. The average Bonchev–Trinajstić information content (AvgIpc) is 3.42. The van der Waals surface area contributed by atoms with Crippen LogP contribution in [0.5, 0.6) is 0 Å². The van der Waals surface area contributed by atoms with Crippen LogP contribution in [0.4, 0.5) is 11.6 Å². The Kier molecular flexibility index (Phi) is 5.99. The maximum absolute atomic E-state index is 12.5. The van der Waals surface area contributed by atoms with Crippen LogP contribution in [-0.4, -0.2) is 40.7 Å². The van der Waals surface area contributed by atoms with Crippen LogP contribution in [0.2, 0.25) is 0 Å². The molecular formula is C23H26N8O2. The Labute approximate surface area is 191 Å². The molecule has 33 heavy (non-hydrogen) atoms. The van der Waals surface area contributed by atoms with E-state index in [1.54, 1.807) is 10.9 Å². The number of aryl methyl sites for hydroxylation is 3. The first-order valence-electron chi connectivity index (χ1n) is 10.6. The molecule has 0 fully saturated rings. The fourth-order valence-electron chi connectivity index (χ4n) is 3.22. The third-order valence-electron chi connectivity index (χ3n) is 5.09. The third-order valence-corrected chi connectivity index (χ3v) is 5.09. The van der Waals surface area contributed by atoms with E-state index in [0.717, 1.165) is 22.4 Å². The van der Waals surface area contributed by atoms with E-state index in [-0.39, 0.29) is 23.5 Å². The molecule has 0 saturated heterocycles. The minimum atomic E-state index is -0.267. The van der Waals surface area contributed by atoms with Crippen molar-refractivity contribution in [3.8, 4) is 11.4 Å². The molecule has 3 aromatic heterocycles. The Morgan fingerprint density at radius 3 is 2.67 bits per heavy atom. The number of nitrogens with zero attached hydrogens (tertiary/aromatic N) is 7. The number of hydrogen-bond acceptors (Lipinski definition) is 9. The zero-order chi connectivity index (χ0) is 23.6. The number of benzene rings is 1. The van der Waals surface area contributed by atoms with Gasteiger partial charge in [-0.3, -0.25) is 9.48 Å². The molecule has 0 aliphatic rings.